The zero-order valence-electron chi connectivity index (χ0n) is 15.4. The third-order valence-electron chi connectivity index (χ3n) is 4.66. The Morgan fingerprint density at radius 1 is 1.32 bits per heavy atom. The predicted molar refractivity (Wildman–Crippen MR) is 98.2 cm³/mol. The van der Waals surface area contributed by atoms with Crippen LogP contribution in [0.3, 0.4) is 0 Å². The van der Waals surface area contributed by atoms with Gasteiger partial charge in [-0.15, -0.1) is 0 Å². The van der Waals surface area contributed by atoms with Gasteiger partial charge in [-0.05, 0) is 18.6 Å². The first-order valence-corrected chi connectivity index (χ1v) is 8.94. The van der Waals surface area contributed by atoms with E-state index in [1.54, 1.807) is 7.05 Å². The third kappa shape index (κ3) is 4.86. The van der Waals surface area contributed by atoms with E-state index in [-0.39, 0.29) is 11.5 Å². The fourth-order valence-corrected chi connectivity index (χ4v) is 2.95. The van der Waals surface area contributed by atoms with Crippen LogP contribution >= 0.6 is 0 Å². The highest BCUT2D eigenvalue weighted by Gasteiger charge is 2.33. The number of ether oxygens (including phenoxy) is 3. The maximum absolute atomic E-state index is 6.15. The van der Waals surface area contributed by atoms with Crippen molar-refractivity contribution in [3.8, 4) is 5.75 Å². The molecule has 1 unspecified atom stereocenters. The number of benzene rings is 1. The summed E-state index contributed by atoms with van der Waals surface area (Å²) in [5.74, 6) is 1.72. The Balaban J connectivity index is 1.57. The van der Waals surface area contributed by atoms with Crippen LogP contribution < -0.4 is 15.4 Å². The van der Waals surface area contributed by atoms with Gasteiger partial charge in [-0.2, -0.15) is 0 Å². The molecule has 0 radical (unpaired) electrons. The van der Waals surface area contributed by atoms with E-state index >= 15 is 0 Å². The van der Waals surface area contributed by atoms with E-state index in [2.05, 4.69) is 47.7 Å². The van der Waals surface area contributed by atoms with E-state index < -0.39 is 0 Å². The third-order valence-corrected chi connectivity index (χ3v) is 4.66. The van der Waals surface area contributed by atoms with Crippen LogP contribution in [-0.4, -0.2) is 52.1 Å². The number of rotatable bonds is 6. The molecule has 2 aliphatic rings. The van der Waals surface area contributed by atoms with Crippen molar-refractivity contribution in [3.63, 3.8) is 0 Å². The minimum Gasteiger partial charge on any atom is -0.488 e. The fourth-order valence-electron chi connectivity index (χ4n) is 2.95. The molecule has 0 saturated carbocycles. The maximum atomic E-state index is 6.15. The van der Waals surface area contributed by atoms with Crippen molar-refractivity contribution >= 4 is 5.96 Å². The van der Waals surface area contributed by atoms with Gasteiger partial charge in [0.1, 0.15) is 11.9 Å². The summed E-state index contributed by atoms with van der Waals surface area (Å²) in [6, 6.07) is 6.32. The monoisotopic (exact) mass is 347 g/mol. The summed E-state index contributed by atoms with van der Waals surface area (Å²) in [4.78, 5) is 4.31. The lowest BCUT2D eigenvalue weighted by Gasteiger charge is -2.38. The highest BCUT2D eigenvalue weighted by atomic mass is 16.5. The van der Waals surface area contributed by atoms with Crippen molar-refractivity contribution < 1.29 is 14.2 Å². The molecular formula is C19H29N3O3. The summed E-state index contributed by atoms with van der Waals surface area (Å²) in [6.45, 7) is 8.86. The zero-order chi connectivity index (χ0) is 17.7. The van der Waals surface area contributed by atoms with Crippen molar-refractivity contribution in [1.82, 2.24) is 10.6 Å². The zero-order valence-corrected chi connectivity index (χ0v) is 15.4. The Morgan fingerprint density at radius 3 is 2.80 bits per heavy atom. The SMILES string of the molecule is CN=C(NCc1ccc(C)cc1OC1CCOC1)NCC1(C)COC1. The summed E-state index contributed by atoms with van der Waals surface area (Å²) >= 11 is 0. The van der Waals surface area contributed by atoms with Crippen molar-refractivity contribution in [2.75, 3.05) is 40.0 Å². The minimum atomic E-state index is 0.150. The van der Waals surface area contributed by atoms with Gasteiger partial charge in [-0.1, -0.05) is 19.1 Å². The molecule has 1 aromatic rings. The Hall–Kier alpha value is -1.79. The number of hydrogen-bond acceptors (Lipinski definition) is 4. The van der Waals surface area contributed by atoms with E-state index in [4.69, 9.17) is 14.2 Å². The molecule has 1 atom stereocenters. The second kappa shape index (κ2) is 8.06. The van der Waals surface area contributed by atoms with Crippen LogP contribution in [0.15, 0.2) is 23.2 Å². The molecule has 0 amide bonds. The minimum absolute atomic E-state index is 0.150. The lowest BCUT2D eigenvalue weighted by Crippen LogP contribution is -2.50. The second-order valence-corrected chi connectivity index (χ2v) is 7.30. The first-order valence-electron chi connectivity index (χ1n) is 8.94. The normalized spacial score (nSPS) is 22.4. The highest BCUT2D eigenvalue weighted by Crippen LogP contribution is 2.25. The first kappa shape index (κ1) is 18.0. The second-order valence-electron chi connectivity index (χ2n) is 7.30. The molecule has 0 aromatic heterocycles. The van der Waals surface area contributed by atoms with Gasteiger partial charge in [0.05, 0.1) is 26.4 Å². The molecule has 3 rings (SSSR count). The molecule has 6 heteroatoms. The molecular weight excluding hydrogens is 318 g/mol. The van der Waals surface area contributed by atoms with E-state index in [0.29, 0.717) is 13.2 Å². The first-order chi connectivity index (χ1) is 12.1. The van der Waals surface area contributed by atoms with E-state index in [1.807, 2.05) is 0 Å². The average Bonchev–Trinajstić information content (AvgIpc) is 3.08. The lowest BCUT2D eigenvalue weighted by molar-refractivity contribution is -0.0971. The molecule has 0 bridgehead atoms. The number of hydrogen-bond donors (Lipinski definition) is 2. The molecule has 2 aliphatic heterocycles. The molecule has 0 aliphatic carbocycles. The topological polar surface area (TPSA) is 64.1 Å². The number of nitrogens with one attached hydrogen (secondary N) is 2. The van der Waals surface area contributed by atoms with Gasteiger partial charge in [0, 0.05) is 37.5 Å². The van der Waals surface area contributed by atoms with Crippen LogP contribution in [0.25, 0.3) is 0 Å². The summed E-state index contributed by atoms with van der Waals surface area (Å²) in [6.07, 6.45) is 1.10. The number of aliphatic imine (C=N–C) groups is 1. The van der Waals surface area contributed by atoms with Gasteiger partial charge in [-0.3, -0.25) is 4.99 Å². The van der Waals surface area contributed by atoms with Crippen LogP contribution in [0.2, 0.25) is 0 Å². The molecule has 2 heterocycles. The van der Waals surface area contributed by atoms with E-state index in [9.17, 15) is 0 Å². The Bertz CT molecular complexity index is 608. The van der Waals surface area contributed by atoms with Crippen LogP contribution in [0, 0.1) is 12.3 Å². The van der Waals surface area contributed by atoms with Crippen molar-refractivity contribution in [1.29, 1.82) is 0 Å². The van der Waals surface area contributed by atoms with Crippen LogP contribution in [0.1, 0.15) is 24.5 Å². The Kier molecular flexibility index (Phi) is 5.81. The molecule has 138 valence electrons. The average molecular weight is 347 g/mol. The number of nitrogens with zero attached hydrogens (tertiary/aromatic N) is 1. The molecule has 2 fully saturated rings. The fraction of sp³-hybridized carbons (Fsp3) is 0.632. The predicted octanol–water partition coefficient (Wildman–Crippen LogP) is 1.86. The van der Waals surface area contributed by atoms with E-state index in [0.717, 1.165) is 50.1 Å². The van der Waals surface area contributed by atoms with Gasteiger partial charge in [-0.25, -0.2) is 0 Å². The smallest absolute Gasteiger partial charge is 0.191 e. The quantitative estimate of drug-likeness (QED) is 0.607. The molecule has 25 heavy (non-hydrogen) atoms. The standard InChI is InChI=1S/C19H29N3O3/c1-14-4-5-15(17(8-14)25-16-6-7-23-10-16)9-21-18(20-3)22-11-19(2)12-24-13-19/h4-5,8,16H,6-7,9-13H2,1-3H3,(H2,20,21,22). The highest BCUT2D eigenvalue weighted by molar-refractivity contribution is 5.79. The Labute approximate surface area is 149 Å². The van der Waals surface area contributed by atoms with Crippen molar-refractivity contribution in [3.05, 3.63) is 29.3 Å². The van der Waals surface area contributed by atoms with Crippen molar-refractivity contribution in [2.24, 2.45) is 10.4 Å². The van der Waals surface area contributed by atoms with Crippen molar-refractivity contribution in [2.45, 2.75) is 32.9 Å². The largest absolute Gasteiger partial charge is 0.488 e. The molecule has 1 aromatic carbocycles. The van der Waals surface area contributed by atoms with Gasteiger partial charge < -0.3 is 24.8 Å². The molecule has 2 N–H and O–H groups in total. The number of aryl methyl sites for hydroxylation is 1. The molecule has 6 nitrogen and oxygen atoms in total. The summed E-state index contributed by atoms with van der Waals surface area (Å²) in [5.41, 5.74) is 2.52. The maximum Gasteiger partial charge on any atom is 0.191 e. The van der Waals surface area contributed by atoms with Gasteiger partial charge in [0.2, 0.25) is 0 Å². The van der Waals surface area contributed by atoms with Crippen LogP contribution in [0.4, 0.5) is 0 Å². The van der Waals surface area contributed by atoms with Crippen LogP contribution in [-0.2, 0) is 16.0 Å². The number of guanidine groups is 1. The van der Waals surface area contributed by atoms with E-state index in [1.165, 1.54) is 5.56 Å². The summed E-state index contributed by atoms with van der Waals surface area (Å²) in [7, 11) is 1.79. The Morgan fingerprint density at radius 2 is 2.16 bits per heavy atom. The molecule has 0 spiro atoms. The van der Waals surface area contributed by atoms with Crippen LogP contribution in [0.5, 0.6) is 5.75 Å². The van der Waals surface area contributed by atoms with Gasteiger partial charge >= 0.3 is 0 Å². The lowest BCUT2D eigenvalue weighted by atomic mass is 9.89. The van der Waals surface area contributed by atoms with Gasteiger partial charge in [0.25, 0.3) is 0 Å². The summed E-state index contributed by atoms with van der Waals surface area (Å²) in [5, 5.41) is 6.76. The summed E-state index contributed by atoms with van der Waals surface area (Å²) < 4.78 is 16.9. The van der Waals surface area contributed by atoms with Gasteiger partial charge in [0.15, 0.2) is 5.96 Å². The molecule has 2 saturated heterocycles.